The smallest absolute Gasteiger partial charge is 0.295 e. The number of carbonyl (C=O) groups is 1. The molecule has 1 aromatic heterocycles. The van der Waals surface area contributed by atoms with Crippen LogP contribution in [0.2, 0.25) is 0 Å². The summed E-state index contributed by atoms with van der Waals surface area (Å²) in [6.07, 6.45) is 5.32. The van der Waals surface area contributed by atoms with Crippen molar-refractivity contribution in [2.45, 2.75) is 42.8 Å². The number of nitrogens with one attached hydrogen (secondary N) is 2. The molecule has 0 spiro atoms. The molecule has 1 aliphatic rings. The first-order valence-corrected chi connectivity index (χ1v) is 8.06. The van der Waals surface area contributed by atoms with Crippen LogP contribution in [0, 0.1) is 6.92 Å². The molecule has 6 heteroatoms. The third kappa shape index (κ3) is 3.64. The zero-order valence-corrected chi connectivity index (χ0v) is 12.7. The van der Waals surface area contributed by atoms with E-state index in [0.29, 0.717) is 5.82 Å². The number of carbonyl (C=O) groups excluding carboxylic acids is 1. The van der Waals surface area contributed by atoms with Crippen LogP contribution in [0.25, 0.3) is 0 Å². The Bertz CT molecular complexity index is 617. The van der Waals surface area contributed by atoms with Crippen molar-refractivity contribution in [3.8, 4) is 0 Å². The number of benzene rings is 1. The summed E-state index contributed by atoms with van der Waals surface area (Å²) in [6.45, 7) is 1.76. The maximum atomic E-state index is 11.9. The van der Waals surface area contributed by atoms with Crippen molar-refractivity contribution in [1.82, 2.24) is 15.2 Å². The molecule has 0 aliphatic heterocycles. The van der Waals surface area contributed by atoms with Gasteiger partial charge >= 0.3 is 0 Å². The lowest BCUT2D eigenvalue weighted by atomic mass is 10.3. The van der Waals surface area contributed by atoms with Crippen molar-refractivity contribution in [2.24, 2.45) is 0 Å². The number of H-pyrrole nitrogens is 1. The third-order valence-electron chi connectivity index (χ3n) is 3.52. The Kier molecular flexibility index (Phi) is 4.24. The highest BCUT2D eigenvalue weighted by Crippen LogP contribution is 2.34. The van der Waals surface area contributed by atoms with E-state index in [4.69, 9.17) is 0 Å². The molecule has 5 nitrogen and oxygen atoms in total. The van der Waals surface area contributed by atoms with Crippen molar-refractivity contribution >= 4 is 23.4 Å². The van der Waals surface area contributed by atoms with Crippen molar-refractivity contribution < 1.29 is 4.79 Å². The number of hydrogen-bond acceptors (Lipinski definition) is 4. The number of aryl methyl sites for hydroxylation is 1. The van der Waals surface area contributed by atoms with Gasteiger partial charge in [-0.25, -0.2) is 4.98 Å². The van der Waals surface area contributed by atoms with Crippen LogP contribution in [-0.4, -0.2) is 26.3 Å². The Morgan fingerprint density at radius 3 is 2.62 bits per heavy atom. The van der Waals surface area contributed by atoms with E-state index in [-0.39, 0.29) is 11.7 Å². The highest BCUT2D eigenvalue weighted by Gasteiger charge is 2.16. The lowest BCUT2D eigenvalue weighted by Crippen LogP contribution is -2.13. The molecular weight excluding hydrogens is 284 g/mol. The van der Waals surface area contributed by atoms with Crippen LogP contribution in [0.3, 0.4) is 0 Å². The first-order chi connectivity index (χ1) is 10.2. The van der Waals surface area contributed by atoms with Gasteiger partial charge in [-0.3, -0.25) is 9.89 Å². The quantitative estimate of drug-likeness (QED) is 0.908. The van der Waals surface area contributed by atoms with E-state index >= 15 is 0 Å². The summed E-state index contributed by atoms with van der Waals surface area (Å²) in [5, 5.41) is 10.1. The van der Waals surface area contributed by atoms with Gasteiger partial charge in [0.25, 0.3) is 5.91 Å². The van der Waals surface area contributed by atoms with Gasteiger partial charge in [0.2, 0.25) is 5.82 Å². The largest absolute Gasteiger partial charge is 0.319 e. The van der Waals surface area contributed by atoms with Crippen LogP contribution in [-0.2, 0) is 0 Å². The summed E-state index contributed by atoms with van der Waals surface area (Å²) in [6, 6.07) is 7.97. The van der Waals surface area contributed by atoms with Crippen LogP contribution in [0.4, 0.5) is 5.69 Å². The second-order valence-corrected chi connectivity index (χ2v) is 6.62. The zero-order valence-electron chi connectivity index (χ0n) is 11.9. The van der Waals surface area contributed by atoms with Crippen molar-refractivity contribution in [3.63, 3.8) is 0 Å². The summed E-state index contributed by atoms with van der Waals surface area (Å²) < 4.78 is 0. The number of anilines is 1. The minimum Gasteiger partial charge on any atom is -0.319 e. The predicted octanol–water partition coefficient (Wildman–Crippen LogP) is 3.40. The molecule has 1 saturated carbocycles. The van der Waals surface area contributed by atoms with Gasteiger partial charge in [-0.05, 0) is 44.0 Å². The molecule has 1 amide bonds. The minimum atomic E-state index is -0.296. The van der Waals surface area contributed by atoms with Gasteiger partial charge in [0.05, 0.1) is 0 Å². The van der Waals surface area contributed by atoms with Crippen LogP contribution >= 0.6 is 11.8 Å². The summed E-state index contributed by atoms with van der Waals surface area (Å²) in [4.78, 5) is 17.2. The second-order valence-electron chi connectivity index (χ2n) is 5.25. The van der Waals surface area contributed by atoms with Gasteiger partial charge in [-0.2, -0.15) is 0 Å². The molecule has 2 N–H and O–H groups in total. The summed E-state index contributed by atoms with van der Waals surface area (Å²) in [5.74, 6) is 0.496. The monoisotopic (exact) mass is 302 g/mol. The third-order valence-corrected chi connectivity index (χ3v) is 4.87. The molecule has 1 aromatic carbocycles. The molecule has 0 saturated heterocycles. The maximum Gasteiger partial charge on any atom is 0.295 e. The number of thioether (sulfide) groups is 1. The molecule has 2 aromatic rings. The number of aromatic amines is 1. The lowest BCUT2D eigenvalue weighted by molar-refractivity contribution is 0.101. The summed E-state index contributed by atoms with van der Waals surface area (Å²) in [7, 11) is 0. The molecule has 0 radical (unpaired) electrons. The second kappa shape index (κ2) is 6.30. The van der Waals surface area contributed by atoms with Crippen LogP contribution in [0.5, 0.6) is 0 Å². The van der Waals surface area contributed by atoms with Crippen molar-refractivity contribution in [1.29, 1.82) is 0 Å². The van der Waals surface area contributed by atoms with E-state index in [2.05, 4.69) is 32.6 Å². The van der Waals surface area contributed by atoms with E-state index < -0.39 is 0 Å². The van der Waals surface area contributed by atoms with Gasteiger partial charge in [0.1, 0.15) is 5.82 Å². The molecule has 0 atom stereocenters. The molecule has 1 heterocycles. The molecule has 110 valence electrons. The standard InChI is InChI=1S/C15H18N4OS/c1-10-16-14(19-18-10)15(20)17-11-6-8-13(9-7-11)21-12-4-2-3-5-12/h6-9,12H,2-5H2,1H3,(H,17,20)(H,16,18,19). The van der Waals surface area contributed by atoms with E-state index in [1.54, 1.807) is 6.92 Å². The summed E-state index contributed by atoms with van der Waals surface area (Å²) >= 11 is 1.94. The zero-order chi connectivity index (χ0) is 14.7. The average Bonchev–Trinajstić information content (AvgIpc) is 3.12. The number of hydrogen-bond donors (Lipinski definition) is 2. The molecule has 0 unspecified atom stereocenters. The van der Waals surface area contributed by atoms with E-state index in [1.165, 1.54) is 30.6 Å². The molecule has 1 aliphatic carbocycles. The van der Waals surface area contributed by atoms with E-state index in [9.17, 15) is 4.79 Å². The normalized spacial score (nSPS) is 15.3. The van der Waals surface area contributed by atoms with Gasteiger partial charge in [-0.15, -0.1) is 16.9 Å². The first-order valence-electron chi connectivity index (χ1n) is 7.18. The SMILES string of the molecule is Cc1nc(C(=O)Nc2ccc(SC3CCCC3)cc2)n[nH]1. The fraction of sp³-hybridized carbons (Fsp3) is 0.400. The minimum absolute atomic E-state index is 0.164. The van der Waals surface area contributed by atoms with Crippen LogP contribution < -0.4 is 5.32 Å². The Hall–Kier alpha value is -1.82. The van der Waals surface area contributed by atoms with Crippen LogP contribution in [0.15, 0.2) is 29.2 Å². The Morgan fingerprint density at radius 1 is 1.29 bits per heavy atom. The number of amides is 1. The van der Waals surface area contributed by atoms with Gasteiger partial charge in [0.15, 0.2) is 0 Å². The molecule has 3 rings (SSSR count). The van der Waals surface area contributed by atoms with E-state index in [1.807, 2.05) is 23.9 Å². The number of nitrogens with zero attached hydrogens (tertiary/aromatic N) is 2. The maximum absolute atomic E-state index is 11.9. The topological polar surface area (TPSA) is 70.7 Å². The molecular formula is C15H18N4OS. The van der Waals surface area contributed by atoms with Crippen molar-refractivity contribution in [2.75, 3.05) is 5.32 Å². The molecule has 1 fully saturated rings. The first kappa shape index (κ1) is 14.1. The fourth-order valence-corrected chi connectivity index (χ4v) is 3.69. The van der Waals surface area contributed by atoms with Crippen molar-refractivity contribution in [3.05, 3.63) is 35.9 Å². The van der Waals surface area contributed by atoms with Gasteiger partial charge in [-0.1, -0.05) is 12.8 Å². The predicted molar refractivity (Wildman–Crippen MR) is 83.6 cm³/mol. The molecule has 0 bridgehead atoms. The highest BCUT2D eigenvalue weighted by molar-refractivity contribution is 8.00. The highest BCUT2D eigenvalue weighted by atomic mass is 32.2. The Morgan fingerprint density at radius 2 is 2.00 bits per heavy atom. The Labute approximate surface area is 127 Å². The summed E-state index contributed by atoms with van der Waals surface area (Å²) in [5.41, 5.74) is 0.762. The number of rotatable bonds is 4. The van der Waals surface area contributed by atoms with Gasteiger partial charge in [0, 0.05) is 15.8 Å². The lowest BCUT2D eigenvalue weighted by Gasteiger charge is -2.09. The van der Waals surface area contributed by atoms with Crippen LogP contribution in [0.1, 0.15) is 42.1 Å². The number of aromatic nitrogens is 3. The van der Waals surface area contributed by atoms with Gasteiger partial charge < -0.3 is 5.32 Å². The average molecular weight is 302 g/mol. The Balaban J connectivity index is 1.60. The molecule has 21 heavy (non-hydrogen) atoms. The fourth-order valence-electron chi connectivity index (χ4n) is 2.45. The van der Waals surface area contributed by atoms with E-state index in [0.717, 1.165) is 10.9 Å².